The van der Waals surface area contributed by atoms with E-state index in [9.17, 15) is 0 Å². The third-order valence-corrected chi connectivity index (χ3v) is 1.41. The van der Waals surface area contributed by atoms with E-state index in [1.165, 1.54) is 11.8 Å². The van der Waals surface area contributed by atoms with Gasteiger partial charge in [-0.2, -0.15) is 0 Å². The summed E-state index contributed by atoms with van der Waals surface area (Å²) in [6.45, 7) is 0. The molecule has 0 bridgehead atoms. The van der Waals surface area contributed by atoms with Crippen LogP contribution in [-0.4, -0.2) is 6.21 Å². The van der Waals surface area contributed by atoms with Crippen LogP contribution in [0.3, 0.4) is 0 Å². The van der Waals surface area contributed by atoms with Crippen molar-refractivity contribution in [1.29, 1.82) is 5.41 Å². The molecule has 1 nitrogen and oxygen atoms in total. The largest absolute Gasteiger partial charge is 0.313 e. The zero-order valence-corrected chi connectivity index (χ0v) is 5.88. The lowest BCUT2D eigenvalue weighted by Crippen LogP contribution is -1.77. The second kappa shape index (κ2) is 3.83. The minimum Gasteiger partial charge on any atom is -0.313 e. The summed E-state index contributed by atoms with van der Waals surface area (Å²) in [5.74, 6) is 0. The van der Waals surface area contributed by atoms with Crippen LogP contribution >= 0.6 is 0 Å². The number of allylic oxidation sites excluding steroid dienone is 6. The minimum absolute atomic E-state index is 0.762. The van der Waals surface area contributed by atoms with Crippen LogP contribution in [0.25, 0.3) is 0 Å². The molecule has 1 N–H and O–H groups in total. The van der Waals surface area contributed by atoms with Crippen LogP contribution in [0, 0.1) is 5.41 Å². The van der Waals surface area contributed by atoms with Crippen LogP contribution in [0.1, 0.15) is 12.8 Å². The fourth-order valence-corrected chi connectivity index (χ4v) is 0.893. The van der Waals surface area contributed by atoms with E-state index in [-0.39, 0.29) is 0 Å². The van der Waals surface area contributed by atoms with Gasteiger partial charge < -0.3 is 5.41 Å². The van der Waals surface area contributed by atoms with Crippen molar-refractivity contribution >= 4 is 6.21 Å². The predicted molar refractivity (Wildman–Crippen MR) is 44.4 cm³/mol. The monoisotopic (exact) mass is 133 g/mol. The molecule has 0 radical (unpaired) electrons. The van der Waals surface area contributed by atoms with Crippen molar-refractivity contribution in [1.82, 2.24) is 0 Å². The summed E-state index contributed by atoms with van der Waals surface area (Å²) in [6.07, 6.45) is 13.5. The Morgan fingerprint density at radius 3 is 3.20 bits per heavy atom. The quantitative estimate of drug-likeness (QED) is 0.559. The lowest BCUT2D eigenvalue weighted by Gasteiger charge is -1.91. The zero-order valence-electron chi connectivity index (χ0n) is 5.88. The average Bonchev–Trinajstić information content (AvgIpc) is 2.17. The molecule has 0 saturated carbocycles. The molecular formula is C9H11N. The van der Waals surface area contributed by atoms with Gasteiger partial charge in [0.1, 0.15) is 0 Å². The Labute approximate surface area is 61.3 Å². The maximum Gasteiger partial charge on any atom is 0.00684 e. The maximum absolute atomic E-state index is 6.89. The van der Waals surface area contributed by atoms with E-state index < -0.39 is 0 Å². The summed E-state index contributed by atoms with van der Waals surface area (Å²) in [6, 6.07) is 0. The normalized spacial score (nSPS) is 16.2. The predicted octanol–water partition coefficient (Wildman–Crippen LogP) is 2.47. The van der Waals surface area contributed by atoms with E-state index in [1.807, 2.05) is 12.2 Å². The molecule has 1 heteroatoms. The lowest BCUT2D eigenvalue weighted by atomic mass is 10.2. The molecule has 0 fully saturated rings. The first-order valence-corrected chi connectivity index (χ1v) is 3.44. The Kier molecular flexibility index (Phi) is 2.68. The third-order valence-electron chi connectivity index (χ3n) is 1.41. The van der Waals surface area contributed by atoms with Gasteiger partial charge in [0.2, 0.25) is 0 Å². The van der Waals surface area contributed by atoms with Gasteiger partial charge in [0.15, 0.2) is 0 Å². The number of rotatable bonds is 2. The SMILES string of the molecule is N=CCC1=CCC=CC=C1. The molecule has 0 amide bonds. The second-order valence-corrected chi connectivity index (χ2v) is 2.21. The zero-order chi connectivity index (χ0) is 7.23. The minimum atomic E-state index is 0.762. The second-order valence-electron chi connectivity index (χ2n) is 2.21. The molecular weight excluding hydrogens is 122 g/mol. The van der Waals surface area contributed by atoms with E-state index in [4.69, 9.17) is 5.41 Å². The van der Waals surface area contributed by atoms with Gasteiger partial charge in [0.25, 0.3) is 0 Å². The molecule has 1 rings (SSSR count). The van der Waals surface area contributed by atoms with Crippen LogP contribution in [-0.2, 0) is 0 Å². The molecule has 52 valence electrons. The summed E-state index contributed by atoms with van der Waals surface area (Å²) < 4.78 is 0. The van der Waals surface area contributed by atoms with E-state index >= 15 is 0 Å². The van der Waals surface area contributed by atoms with Crippen molar-refractivity contribution < 1.29 is 0 Å². The van der Waals surface area contributed by atoms with E-state index in [2.05, 4.69) is 18.2 Å². The van der Waals surface area contributed by atoms with Crippen LogP contribution in [0.5, 0.6) is 0 Å². The first-order chi connectivity index (χ1) is 4.93. The summed E-state index contributed by atoms with van der Waals surface area (Å²) in [7, 11) is 0. The molecule has 0 aromatic rings. The van der Waals surface area contributed by atoms with Gasteiger partial charge in [-0.3, -0.25) is 0 Å². The smallest absolute Gasteiger partial charge is 0.00684 e. The lowest BCUT2D eigenvalue weighted by molar-refractivity contribution is 1.28. The Morgan fingerprint density at radius 2 is 2.40 bits per heavy atom. The first kappa shape index (κ1) is 7.00. The van der Waals surface area contributed by atoms with Gasteiger partial charge >= 0.3 is 0 Å². The fraction of sp³-hybridized carbons (Fsp3) is 0.222. The standard InChI is InChI=1S/C9H11N/c10-8-7-9-5-3-1-2-4-6-9/h1-3,5-6,8,10H,4,7H2. The fourth-order valence-electron chi connectivity index (χ4n) is 0.893. The summed E-state index contributed by atoms with van der Waals surface area (Å²) in [5.41, 5.74) is 1.24. The molecule has 0 aromatic heterocycles. The highest BCUT2D eigenvalue weighted by Crippen LogP contribution is 2.06. The van der Waals surface area contributed by atoms with E-state index in [1.54, 1.807) is 0 Å². The van der Waals surface area contributed by atoms with Crippen molar-refractivity contribution in [3.63, 3.8) is 0 Å². The highest BCUT2D eigenvalue weighted by Gasteiger charge is 1.89. The Hall–Kier alpha value is -1.11. The Morgan fingerprint density at radius 1 is 1.50 bits per heavy atom. The molecule has 0 aromatic carbocycles. The molecule has 0 spiro atoms. The molecule has 0 aliphatic heterocycles. The average molecular weight is 133 g/mol. The Bertz CT molecular complexity index is 197. The topological polar surface area (TPSA) is 23.9 Å². The van der Waals surface area contributed by atoms with Crippen molar-refractivity contribution in [2.24, 2.45) is 0 Å². The van der Waals surface area contributed by atoms with Crippen molar-refractivity contribution in [3.05, 3.63) is 36.0 Å². The van der Waals surface area contributed by atoms with Gasteiger partial charge in [0.05, 0.1) is 0 Å². The van der Waals surface area contributed by atoms with Crippen LogP contribution < -0.4 is 0 Å². The number of hydrogen-bond acceptors (Lipinski definition) is 1. The molecule has 0 unspecified atom stereocenters. The summed E-state index contributed by atoms with van der Waals surface area (Å²) in [4.78, 5) is 0. The van der Waals surface area contributed by atoms with Crippen molar-refractivity contribution in [2.75, 3.05) is 0 Å². The molecule has 0 atom stereocenters. The van der Waals surface area contributed by atoms with E-state index in [0.29, 0.717) is 0 Å². The highest BCUT2D eigenvalue weighted by molar-refractivity contribution is 5.59. The third kappa shape index (κ3) is 2.02. The number of nitrogens with one attached hydrogen (secondary N) is 1. The van der Waals surface area contributed by atoms with Gasteiger partial charge in [-0.25, -0.2) is 0 Å². The molecule has 0 heterocycles. The van der Waals surface area contributed by atoms with Crippen LogP contribution in [0.2, 0.25) is 0 Å². The van der Waals surface area contributed by atoms with Crippen LogP contribution in [0.4, 0.5) is 0 Å². The van der Waals surface area contributed by atoms with Crippen molar-refractivity contribution in [2.45, 2.75) is 12.8 Å². The molecule has 10 heavy (non-hydrogen) atoms. The van der Waals surface area contributed by atoms with Gasteiger partial charge in [-0.1, -0.05) is 30.4 Å². The summed E-state index contributed by atoms with van der Waals surface area (Å²) in [5, 5.41) is 6.89. The van der Waals surface area contributed by atoms with Gasteiger partial charge in [-0.05, 0) is 18.2 Å². The number of hydrogen-bond donors (Lipinski definition) is 1. The van der Waals surface area contributed by atoms with Crippen molar-refractivity contribution in [3.8, 4) is 0 Å². The molecule has 1 aliphatic carbocycles. The first-order valence-electron chi connectivity index (χ1n) is 3.44. The Balaban J connectivity index is 2.59. The van der Waals surface area contributed by atoms with Gasteiger partial charge in [-0.15, -0.1) is 0 Å². The van der Waals surface area contributed by atoms with Gasteiger partial charge in [0, 0.05) is 6.42 Å². The molecule has 0 saturated heterocycles. The molecule has 1 aliphatic rings. The maximum atomic E-state index is 6.89. The van der Waals surface area contributed by atoms with E-state index in [0.717, 1.165) is 12.8 Å². The summed E-state index contributed by atoms with van der Waals surface area (Å²) >= 11 is 0. The van der Waals surface area contributed by atoms with Crippen LogP contribution in [0.15, 0.2) is 36.0 Å². The highest BCUT2D eigenvalue weighted by atomic mass is 14.3.